The molecule has 4 heteroatoms. The summed E-state index contributed by atoms with van der Waals surface area (Å²) in [5.41, 5.74) is 0.840. The fraction of sp³-hybridized carbons (Fsp3) is 0.182. The van der Waals surface area contributed by atoms with E-state index in [1.165, 1.54) is 12.1 Å². The number of oxazole rings is 1. The van der Waals surface area contributed by atoms with Gasteiger partial charge >= 0.3 is 0 Å². The van der Waals surface area contributed by atoms with Gasteiger partial charge in [0.15, 0.2) is 17.4 Å². The Morgan fingerprint density at radius 3 is 2.67 bits per heavy atom. The summed E-state index contributed by atoms with van der Waals surface area (Å²) in [5, 5.41) is 18.4. The smallest absolute Gasteiger partial charge is 0.198 e. The van der Waals surface area contributed by atoms with Crippen LogP contribution in [0.3, 0.4) is 0 Å². The summed E-state index contributed by atoms with van der Waals surface area (Å²) < 4.78 is 5.30. The predicted molar refractivity (Wildman–Crippen MR) is 53.8 cm³/mol. The minimum atomic E-state index is -0.129. The summed E-state index contributed by atoms with van der Waals surface area (Å²) in [6, 6.07) is 4.66. The van der Waals surface area contributed by atoms with Crippen molar-refractivity contribution in [3.05, 3.63) is 41.6 Å². The van der Waals surface area contributed by atoms with Crippen LogP contribution in [-0.2, 0) is 6.42 Å². The second-order valence-corrected chi connectivity index (χ2v) is 3.36. The minimum Gasteiger partial charge on any atom is -0.504 e. The van der Waals surface area contributed by atoms with E-state index in [0.717, 1.165) is 11.3 Å². The lowest BCUT2D eigenvalue weighted by Crippen LogP contribution is -1.87. The summed E-state index contributed by atoms with van der Waals surface area (Å²) in [5.74, 6) is 1.10. The molecule has 0 aliphatic carbocycles. The largest absolute Gasteiger partial charge is 0.504 e. The van der Waals surface area contributed by atoms with E-state index in [1.54, 1.807) is 12.3 Å². The SMILES string of the molecule is Cc1cnc(Cc2ccc(O)c(O)c2)o1. The van der Waals surface area contributed by atoms with Crippen molar-refractivity contribution in [1.82, 2.24) is 4.98 Å². The van der Waals surface area contributed by atoms with Crippen LogP contribution in [0.25, 0.3) is 0 Å². The van der Waals surface area contributed by atoms with E-state index in [2.05, 4.69) is 4.98 Å². The van der Waals surface area contributed by atoms with Crippen molar-refractivity contribution in [2.75, 3.05) is 0 Å². The van der Waals surface area contributed by atoms with Crippen molar-refractivity contribution in [3.63, 3.8) is 0 Å². The van der Waals surface area contributed by atoms with Gasteiger partial charge < -0.3 is 14.6 Å². The Labute approximate surface area is 86.8 Å². The van der Waals surface area contributed by atoms with Gasteiger partial charge in [0, 0.05) is 6.42 Å². The van der Waals surface area contributed by atoms with Crippen LogP contribution in [0.5, 0.6) is 11.5 Å². The van der Waals surface area contributed by atoms with Crippen molar-refractivity contribution in [3.8, 4) is 11.5 Å². The molecule has 1 aromatic carbocycles. The highest BCUT2D eigenvalue weighted by molar-refractivity contribution is 5.41. The summed E-state index contributed by atoms with van der Waals surface area (Å²) in [6.07, 6.45) is 2.15. The fourth-order valence-electron chi connectivity index (χ4n) is 1.34. The van der Waals surface area contributed by atoms with Crippen molar-refractivity contribution in [1.29, 1.82) is 0 Å². The number of benzene rings is 1. The monoisotopic (exact) mass is 205 g/mol. The van der Waals surface area contributed by atoms with Gasteiger partial charge in [0.1, 0.15) is 5.76 Å². The first-order valence-corrected chi connectivity index (χ1v) is 4.57. The zero-order valence-electron chi connectivity index (χ0n) is 8.27. The van der Waals surface area contributed by atoms with Gasteiger partial charge in [-0.15, -0.1) is 0 Å². The van der Waals surface area contributed by atoms with Gasteiger partial charge in [-0.1, -0.05) is 6.07 Å². The molecule has 0 aliphatic rings. The topological polar surface area (TPSA) is 66.5 Å². The molecule has 0 unspecified atom stereocenters. The van der Waals surface area contributed by atoms with Crippen LogP contribution in [0.4, 0.5) is 0 Å². The maximum atomic E-state index is 9.28. The highest BCUT2D eigenvalue weighted by Crippen LogP contribution is 2.25. The van der Waals surface area contributed by atoms with E-state index in [0.29, 0.717) is 12.3 Å². The first kappa shape index (κ1) is 9.58. The third kappa shape index (κ3) is 2.10. The van der Waals surface area contributed by atoms with Crippen molar-refractivity contribution < 1.29 is 14.6 Å². The molecular formula is C11H11NO3. The van der Waals surface area contributed by atoms with Crippen LogP contribution >= 0.6 is 0 Å². The van der Waals surface area contributed by atoms with Gasteiger partial charge in [-0.25, -0.2) is 4.98 Å². The van der Waals surface area contributed by atoms with E-state index in [4.69, 9.17) is 9.52 Å². The molecule has 0 saturated heterocycles. The van der Waals surface area contributed by atoms with E-state index >= 15 is 0 Å². The molecule has 0 spiro atoms. The molecule has 2 rings (SSSR count). The molecule has 1 heterocycles. The Hall–Kier alpha value is -1.97. The van der Waals surface area contributed by atoms with Crippen LogP contribution in [0.1, 0.15) is 17.2 Å². The molecular weight excluding hydrogens is 194 g/mol. The highest BCUT2D eigenvalue weighted by Gasteiger charge is 2.05. The summed E-state index contributed by atoms with van der Waals surface area (Å²) in [6.45, 7) is 1.82. The molecule has 2 aromatic rings. The molecule has 0 fully saturated rings. The van der Waals surface area contributed by atoms with Gasteiger partial charge in [-0.2, -0.15) is 0 Å². The zero-order valence-corrected chi connectivity index (χ0v) is 8.27. The molecule has 0 amide bonds. The molecule has 0 radical (unpaired) electrons. The average molecular weight is 205 g/mol. The molecule has 0 atom stereocenters. The van der Waals surface area contributed by atoms with E-state index in [-0.39, 0.29) is 11.5 Å². The fourth-order valence-corrected chi connectivity index (χ4v) is 1.34. The van der Waals surface area contributed by atoms with E-state index in [9.17, 15) is 5.11 Å². The number of phenolic OH excluding ortho intramolecular Hbond substituents is 2. The zero-order chi connectivity index (χ0) is 10.8. The van der Waals surface area contributed by atoms with Crippen LogP contribution in [-0.4, -0.2) is 15.2 Å². The predicted octanol–water partition coefficient (Wildman–Crippen LogP) is 1.99. The Morgan fingerprint density at radius 2 is 2.07 bits per heavy atom. The van der Waals surface area contributed by atoms with Gasteiger partial charge in [0.25, 0.3) is 0 Å². The van der Waals surface area contributed by atoms with Gasteiger partial charge in [0.05, 0.1) is 6.20 Å². The maximum absolute atomic E-state index is 9.28. The van der Waals surface area contributed by atoms with Gasteiger partial charge in [-0.05, 0) is 24.6 Å². The van der Waals surface area contributed by atoms with Crippen LogP contribution in [0, 0.1) is 6.92 Å². The molecule has 0 saturated carbocycles. The van der Waals surface area contributed by atoms with Gasteiger partial charge in [-0.3, -0.25) is 0 Å². The van der Waals surface area contributed by atoms with Crippen molar-refractivity contribution in [2.45, 2.75) is 13.3 Å². The lowest BCUT2D eigenvalue weighted by Gasteiger charge is -2.00. The Balaban J connectivity index is 2.21. The summed E-state index contributed by atoms with van der Waals surface area (Å²) >= 11 is 0. The standard InChI is InChI=1S/C11H11NO3/c1-7-6-12-11(15-7)5-8-2-3-9(13)10(14)4-8/h2-4,6,13-14H,5H2,1H3. The molecule has 0 aliphatic heterocycles. The first-order valence-electron chi connectivity index (χ1n) is 4.57. The molecule has 2 N–H and O–H groups in total. The number of hydrogen-bond donors (Lipinski definition) is 2. The van der Waals surface area contributed by atoms with Crippen LogP contribution < -0.4 is 0 Å². The van der Waals surface area contributed by atoms with Crippen molar-refractivity contribution in [2.24, 2.45) is 0 Å². The Morgan fingerprint density at radius 1 is 1.27 bits per heavy atom. The molecule has 78 valence electrons. The first-order chi connectivity index (χ1) is 7.15. The number of nitrogens with zero attached hydrogens (tertiary/aromatic N) is 1. The number of hydrogen-bond acceptors (Lipinski definition) is 4. The maximum Gasteiger partial charge on any atom is 0.198 e. The van der Waals surface area contributed by atoms with Crippen LogP contribution in [0.2, 0.25) is 0 Å². The third-order valence-electron chi connectivity index (χ3n) is 2.06. The lowest BCUT2D eigenvalue weighted by atomic mass is 10.1. The van der Waals surface area contributed by atoms with Crippen molar-refractivity contribution >= 4 is 0 Å². The number of aromatic hydroxyl groups is 2. The third-order valence-corrected chi connectivity index (χ3v) is 2.06. The number of rotatable bonds is 2. The van der Waals surface area contributed by atoms with E-state index < -0.39 is 0 Å². The second-order valence-electron chi connectivity index (χ2n) is 3.36. The normalized spacial score (nSPS) is 10.5. The van der Waals surface area contributed by atoms with Crippen LogP contribution in [0.15, 0.2) is 28.8 Å². The minimum absolute atomic E-state index is 0.123. The number of phenols is 2. The molecule has 1 aromatic heterocycles. The number of aryl methyl sites for hydroxylation is 1. The molecule has 4 nitrogen and oxygen atoms in total. The highest BCUT2D eigenvalue weighted by atomic mass is 16.4. The van der Waals surface area contributed by atoms with E-state index in [1.807, 2.05) is 6.92 Å². The second kappa shape index (κ2) is 3.65. The quantitative estimate of drug-likeness (QED) is 0.736. The van der Waals surface area contributed by atoms with Gasteiger partial charge in [0.2, 0.25) is 0 Å². The molecule has 0 bridgehead atoms. The summed E-state index contributed by atoms with van der Waals surface area (Å²) in [7, 11) is 0. The average Bonchev–Trinajstić information content (AvgIpc) is 2.58. The Kier molecular flexibility index (Phi) is 2.33. The lowest BCUT2D eigenvalue weighted by molar-refractivity contribution is 0.403. The molecule has 15 heavy (non-hydrogen) atoms. The number of aromatic nitrogens is 1. The Bertz CT molecular complexity index is 476. The summed E-state index contributed by atoms with van der Waals surface area (Å²) in [4.78, 5) is 4.05.